The summed E-state index contributed by atoms with van der Waals surface area (Å²) in [7, 11) is 0. The summed E-state index contributed by atoms with van der Waals surface area (Å²) in [4.78, 5) is 0. The summed E-state index contributed by atoms with van der Waals surface area (Å²) in [6.07, 6.45) is 7.60. The number of nitrogens with zero attached hydrogens (tertiary/aromatic N) is 1. The first-order valence-electron chi connectivity index (χ1n) is 8.95. The molecule has 3 aromatic rings. The van der Waals surface area contributed by atoms with E-state index in [1.54, 1.807) is 0 Å². The van der Waals surface area contributed by atoms with Crippen LogP contribution < -0.4 is 5.32 Å². The molecule has 1 heterocycles. The molecular formula is C21H22Cl2N2. The Labute approximate surface area is 158 Å². The summed E-state index contributed by atoms with van der Waals surface area (Å²) in [5, 5.41) is 6.27. The number of rotatable bonds is 5. The lowest BCUT2D eigenvalue weighted by Gasteiger charge is -2.10. The van der Waals surface area contributed by atoms with Gasteiger partial charge in [0.2, 0.25) is 0 Å². The van der Waals surface area contributed by atoms with Gasteiger partial charge >= 0.3 is 0 Å². The second-order valence-corrected chi connectivity index (χ2v) is 7.72. The van der Waals surface area contributed by atoms with Gasteiger partial charge in [0.05, 0.1) is 10.0 Å². The van der Waals surface area contributed by atoms with Crippen LogP contribution in [0, 0.1) is 0 Å². The maximum Gasteiger partial charge on any atom is 0.0595 e. The lowest BCUT2D eigenvalue weighted by Crippen LogP contribution is -2.25. The molecule has 0 aliphatic heterocycles. The molecule has 1 saturated carbocycles. The van der Waals surface area contributed by atoms with Crippen LogP contribution in [0.1, 0.15) is 36.8 Å². The maximum absolute atomic E-state index is 6.17. The molecule has 0 radical (unpaired) electrons. The van der Waals surface area contributed by atoms with Crippen molar-refractivity contribution in [2.45, 2.75) is 44.8 Å². The molecule has 1 aliphatic rings. The minimum Gasteiger partial charge on any atom is -0.343 e. The lowest BCUT2D eigenvalue weighted by molar-refractivity contribution is 0.525. The van der Waals surface area contributed by atoms with Crippen molar-refractivity contribution >= 4 is 34.1 Å². The zero-order valence-corrected chi connectivity index (χ0v) is 15.7. The minimum absolute atomic E-state index is 0.601. The third-order valence-electron chi connectivity index (χ3n) is 5.14. The number of halogens is 2. The first-order valence-corrected chi connectivity index (χ1v) is 9.70. The summed E-state index contributed by atoms with van der Waals surface area (Å²) in [5.41, 5.74) is 3.78. The Morgan fingerprint density at radius 2 is 1.80 bits per heavy atom. The fraction of sp³-hybridized carbons (Fsp3) is 0.333. The second-order valence-electron chi connectivity index (χ2n) is 6.91. The molecule has 0 unspecified atom stereocenters. The molecule has 0 saturated heterocycles. The van der Waals surface area contributed by atoms with Gasteiger partial charge in [-0.25, -0.2) is 0 Å². The van der Waals surface area contributed by atoms with Gasteiger partial charge in [-0.15, -0.1) is 0 Å². The molecule has 1 N–H and O–H groups in total. The van der Waals surface area contributed by atoms with E-state index >= 15 is 0 Å². The van der Waals surface area contributed by atoms with Crippen LogP contribution in [0.5, 0.6) is 0 Å². The van der Waals surface area contributed by atoms with E-state index < -0.39 is 0 Å². The van der Waals surface area contributed by atoms with E-state index in [4.69, 9.17) is 23.2 Å². The average molecular weight is 373 g/mol. The van der Waals surface area contributed by atoms with Crippen molar-refractivity contribution in [3.8, 4) is 0 Å². The Morgan fingerprint density at radius 3 is 2.60 bits per heavy atom. The number of hydrogen-bond donors (Lipinski definition) is 1. The topological polar surface area (TPSA) is 17.0 Å². The first-order chi connectivity index (χ1) is 12.2. The van der Waals surface area contributed by atoms with Crippen LogP contribution in [0.15, 0.2) is 48.7 Å². The SMILES string of the molecule is Clc1ccc(Cn2cc(CNC3CCCC3)c3ccccc32)cc1Cl. The van der Waals surface area contributed by atoms with Crippen molar-refractivity contribution in [2.24, 2.45) is 0 Å². The molecule has 0 atom stereocenters. The molecule has 0 spiro atoms. The van der Waals surface area contributed by atoms with Crippen LogP contribution in [0.4, 0.5) is 0 Å². The van der Waals surface area contributed by atoms with E-state index in [0.717, 1.165) is 18.7 Å². The van der Waals surface area contributed by atoms with Crippen LogP contribution in [0.25, 0.3) is 10.9 Å². The number of aromatic nitrogens is 1. The molecule has 4 heteroatoms. The van der Waals surface area contributed by atoms with E-state index in [1.807, 2.05) is 18.2 Å². The molecule has 0 bridgehead atoms. The molecule has 4 rings (SSSR count). The highest BCUT2D eigenvalue weighted by atomic mass is 35.5. The number of para-hydroxylation sites is 1. The smallest absolute Gasteiger partial charge is 0.0595 e. The van der Waals surface area contributed by atoms with Gasteiger partial charge in [0, 0.05) is 36.2 Å². The molecule has 2 aromatic carbocycles. The van der Waals surface area contributed by atoms with Crippen molar-refractivity contribution in [1.29, 1.82) is 0 Å². The molecule has 1 fully saturated rings. The van der Waals surface area contributed by atoms with Crippen molar-refractivity contribution in [1.82, 2.24) is 9.88 Å². The van der Waals surface area contributed by atoms with Gasteiger partial charge < -0.3 is 9.88 Å². The number of hydrogen-bond acceptors (Lipinski definition) is 1. The summed E-state index contributed by atoms with van der Waals surface area (Å²) >= 11 is 12.2. The molecule has 25 heavy (non-hydrogen) atoms. The number of benzene rings is 2. The molecule has 130 valence electrons. The van der Waals surface area contributed by atoms with E-state index in [2.05, 4.69) is 40.3 Å². The van der Waals surface area contributed by atoms with Gasteiger partial charge in [-0.05, 0) is 42.2 Å². The fourth-order valence-corrected chi connectivity index (χ4v) is 4.13. The van der Waals surface area contributed by atoms with Crippen LogP contribution in [0.2, 0.25) is 10.0 Å². The Bertz CT molecular complexity index is 879. The molecule has 1 aromatic heterocycles. The van der Waals surface area contributed by atoms with E-state index in [9.17, 15) is 0 Å². The summed E-state index contributed by atoms with van der Waals surface area (Å²) in [5.74, 6) is 0. The highest BCUT2D eigenvalue weighted by Gasteiger charge is 2.15. The zero-order chi connectivity index (χ0) is 17.2. The predicted octanol–water partition coefficient (Wildman–Crippen LogP) is 6.03. The van der Waals surface area contributed by atoms with Crippen LogP contribution in [-0.4, -0.2) is 10.6 Å². The Kier molecular flexibility index (Phi) is 5.03. The average Bonchev–Trinajstić information content (AvgIpc) is 3.25. The van der Waals surface area contributed by atoms with Crippen molar-refractivity contribution in [3.63, 3.8) is 0 Å². The Balaban J connectivity index is 1.60. The lowest BCUT2D eigenvalue weighted by atomic mass is 10.1. The Morgan fingerprint density at radius 1 is 1.00 bits per heavy atom. The monoisotopic (exact) mass is 372 g/mol. The van der Waals surface area contributed by atoms with Gasteiger partial charge in [-0.2, -0.15) is 0 Å². The molecule has 1 aliphatic carbocycles. The molecule has 0 amide bonds. The standard InChI is InChI=1S/C21H22Cl2N2/c22-19-10-9-15(11-20(19)23)13-25-14-16(12-24-17-5-1-2-6-17)18-7-3-4-8-21(18)25/h3-4,7-11,14,17,24H,1-2,5-6,12-13H2. The van der Waals surface area contributed by atoms with E-state index in [1.165, 1.54) is 42.1 Å². The van der Waals surface area contributed by atoms with E-state index in [-0.39, 0.29) is 0 Å². The predicted molar refractivity (Wildman–Crippen MR) is 107 cm³/mol. The molecular weight excluding hydrogens is 351 g/mol. The quantitative estimate of drug-likeness (QED) is 0.578. The summed E-state index contributed by atoms with van der Waals surface area (Å²) < 4.78 is 2.31. The van der Waals surface area contributed by atoms with E-state index in [0.29, 0.717) is 16.1 Å². The zero-order valence-electron chi connectivity index (χ0n) is 14.1. The van der Waals surface area contributed by atoms with Gasteiger partial charge in [0.1, 0.15) is 0 Å². The highest BCUT2D eigenvalue weighted by Crippen LogP contribution is 2.26. The third kappa shape index (κ3) is 3.72. The highest BCUT2D eigenvalue weighted by molar-refractivity contribution is 6.42. The minimum atomic E-state index is 0.601. The maximum atomic E-state index is 6.17. The van der Waals surface area contributed by atoms with Gasteiger partial charge in [0.15, 0.2) is 0 Å². The second kappa shape index (κ2) is 7.41. The van der Waals surface area contributed by atoms with Crippen molar-refractivity contribution in [2.75, 3.05) is 0 Å². The van der Waals surface area contributed by atoms with Crippen molar-refractivity contribution < 1.29 is 0 Å². The summed E-state index contributed by atoms with van der Waals surface area (Å²) in [6, 6.07) is 15.2. The van der Waals surface area contributed by atoms with Crippen LogP contribution in [-0.2, 0) is 13.1 Å². The third-order valence-corrected chi connectivity index (χ3v) is 5.88. The van der Waals surface area contributed by atoms with Gasteiger partial charge in [-0.1, -0.05) is 60.3 Å². The number of nitrogens with one attached hydrogen (secondary N) is 1. The fourth-order valence-electron chi connectivity index (χ4n) is 3.81. The number of fused-ring (bicyclic) bond motifs is 1. The van der Waals surface area contributed by atoms with Crippen LogP contribution in [0.3, 0.4) is 0 Å². The normalized spacial score (nSPS) is 15.3. The first kappa shape index (κ1) is 17.0. The summed E-state index contributed by atoms with van der Waals surface area (Å²) in [6.45, 7) is 1.72. The molecule has 2 nitrogen and oxygen atoms in total. The van der Waals surface area contributed by atoms with Gasteiger partial charge in [0.25, 0.3) is 0 Å². The largest absolute Gasteiger partial charge is 0.343 e. The van der Waals surface area contributed by atoms with Crippen molar-refractivity contribution in [3.05, 3.63) is 69.8 Å². The van der Waals surface area contributed by atoms with Crippen LogP contribution >= 0.6 is 23.2 Å². The Hall–Kier alpha value is -1.48. The van der Waals surface area contributed by atoms with Gasteiger partial charge in [-0.3, -0.25) is 0 Å².